The molecule has 5 nitrogen and oxygen atoms in total. The summed E-state index contributed by atoms with van der Waals surface area (Å²) in [5.41, 5.74) is 0.871. The van der Waals surface area contributed by atoms with Crippen molar-refractivity contribution >= 4 is 5.97 Å². The summed E-state index contributed by atoms with van der Waals surface area (Å²) in [6.45, 7) is 7.04. The maximum atomic E-state index is 12.2. The summed E-state index contributed by atoms with van der Waals surface area (Å²) in [5.74, 6) is -1.14. The standard InChI is InChI=1S/C14H20N2O3/c1-10-9-11(2)16(13(17)12(10)14(18)19)8-7-15-5-3-4-6-15/h9H,3-8H2,1-2H3,(H,18,19). The molecule has 0 saturated carbocycles. The summed E-state index contributed by atoms with van der Waals surface area (Å²) in [6.07, 6.45) is 2.42. The lowest BCUT2D eigenvalue weighted by atomic mass is 10.1. The Morgan fingerprint density at radius 1 is 1.26 bits per heavy atom. The van der Waals surface area contributed by atoms with Gasteiger partial charge in [0.05, 0.1) is 0 Å². The molecule has 0 spiro atoms. The number of aromatic nitrogens is 1. The van der Waals surface area contributed by atoms with E-state index in [4.69, 9.17) is 5.11 Å². The minimum Gasteiger partial charge on any atom is -0.477 e. The van der Waals surface area contributed by atoms with Gasteiger partial charge >= 0.3 is 5.97 Å². The molecule has 1 aromatic heterocycles. The fraction of sp³-hybridized carbons (Fsp3) is 0.571. The van der Waals surface area contributed by atoms with Crippen molar-refractivity contribution in [3.8, 4) is 0 Å². The van der Waals surface area contributed by atoms with E-state index < -0.39 is 5.97 Å². The van der Waals surface area contributed by atoms with Crippen molar-refractivity contribution in [1.29, 1.82) is 0 Å². The minimum absolute atomic E-state index is 0.105. The number of carboxylic acid groups (broad SMARTS) is 1. The van der Waals surface area contributed by atoms with Crippen molar-refractivity contribution < 1.29 is 9.90 Å². The second-order valence-corrected chi connectivity index (χ2v) is 5.15. The fourth-order valence-electron chi connectivity index (χ4n) is 2.71. The first kappa shape index (κ1) is 13.8. The quantitative estimate of drug-likeness (QED) is 0.889. The van der Waals surface area contributed by atoms with E-state index in [9.17, 15) is 9.59 Å². The molecule has 0 atom stereocenters. The third-order valence-corrected chi connectivity index (χ3v) is 3.76. The number of rotatable bonds is 4. The molecule has 2 heterocycles. The molecule has 0 radical (unpaired) electrons. The van der Waals surface area contributed by atoms with Crippen LogP contribution in [-0.2, 0) is 6.54 Å². The van der Waals surface area contributed by atoms with Crippen molar-refractivity contribution in [2.75, 3.05) is 19.6 Å². The summed E-state index contributed by atoms with van der Waals surface area (Å²) in [7, 11) is 0. The van der Waals surface area contributed by atoms with Crippen LogP contribution in [0.3, 0.4) is 0 Å². The Morgan fingerprint density at radius 3 is 2.47 bits per heavy atom. The topological polar surface area (TPSA) is 62.5 Å². The van der Waals surface area contributed by atoms with Crippen LogP contribution < -0.4 is 5.56 Å². The van der Waals surface area contributed by atoms with Crippen LogP contribution in [0, 0.1) is 13.8 Å². The van der Waals surface area contributed by atoms with Crippen LogP contribution in [0.25, 0.3) is 0 Å². The average molecular weight is 264 g/mol. The average Bonchev–Trinajstić information content (AvgIpc) is 2.80. The monoisotopic (exact) mass is 264 g/mol. The molecule has 1 saturated heterocycles. The first-order valence-corrected chi connectivity index (χ1v) is 6.67. The molecule has 104 valence electrons. The summed E-state index contributed by atoms with van der Waals surface area (Å²) in [5, 5.41) is 9.12. The Bertz CT molecular complexity index is 542. The van der Waals surface area contributed by atoms with Gasteiger partial charge in [0, 0.05) is 18.8 Å². The van der Waals surface area contributed by atoms with E-state index in [1.807, 2.05) is 6.92 Å². The van der Waals surface area contributed by atoms with Crippen LogP contribution >= 0.6 is 0 Å². The number of aromatic carboxylic acids is 1. The van der Waals surface area contributed by atoms with E-state index in [0.717, 1.165) is 25.3 Å². The molecular formula is C14H20N2O3. The van der Waals surface area contributed by atoms with Crippen LogP contribution in [0.15, 0.2) is 10.9 Å². The van der Waals surface area contributed by atoms with Gasteiger partial charge in [0.1, 0.15) is 5.56 Å². The van der Waals surface area contributed by atoms with Gasteiger partial charge in [-0.2, -0.15) is 0 Å². The largest absolute Gasteiger partial charge is 0.477 e. The molecule has 1 fully saturated rings. The van der Waals surface area contributed by atoms with E-state index >= 15 is 0 Å². The Kier molecular flexibility index (Phi) is 4.04. The van der Waals surface area contributed by atoms with Crippen molar-refractivity contribution in [2.24, 2.45) is 0 Å². The molecule has 1 N–H and O–H groups in total. The van der Waals surface area contributed by atoms with Crippen LogP contribution in [0.2, 0.25) is 0 Å². The fourth-order valence-corrected chi connectivity index (χ4v) is 2.71. The summed E-state index contributed by atoms with van der Waals surface area (Å²) < 4.78 is 1.58. The highest BCUT2D eigenvalue weighted by Crippen LogP contribution is 2.09. The predicted octanol–water partition coefficient (Wildman–Crippen LogP) is 1.26. The van der Waals surface area contributed by atoms with Crippen molar-refractivity contribution in [3.05, 3.63) is 33.2 Å². The predicted molar refractivity (Wildman–Crippen MR) is 72.8 cm³/mol. The minimum atomic E-state index is -1.14. The zero-order valence-corrected chi connectivity index (χ0v) is 11.5. The first-order valence-electron chi connectivity index (χ1n) is 6.67. The second kappa shape index (κ2) is 5.57. The molecule has 0 bridgehead atoms. The van der Waals surface area contributed by atoms with E-state index in [1.54, 1.807) is 17.6 Å². The maximum absolute atomic E-state index is 12.2. The molecule has 1 aliphatic rings. The highest BCUT2D eigenvalue weighted by Gasteiger charge is 2.17. The third kappa shape index (κ3) is 2.87. The molecule has 1 aromatic rings. The lowest BCUT2D eigenvalue weighted by Crippen LogP contribution is -2.33. The molecule has 2 rings (SSSR count). The van der Waals surface area contributed by atoms with E-state index in [2.05, 4.69) is 4.90 Å². The van der Waals surface area contributed by atoms with Gasteiger partial charge in [0.25, 0.3) is 5.56 Å². The summed E-state index contributed by atoms with van der Waals surface area (Å²) >= 11 is 0. The van der Waals surface area contributed by atoms with Crippen LogP contribution in [0.4, 0.5) is 0 Å². The normalized spacial score (nSPS) is 15.9. The van der Waals surface area contributed by atoms with Gasteiger partial charge in [-0.15, -0.1) is 0 Å². The van der Waals surface area contributed by atoms with Crippen molar-refractivity contribution in [1.82, 2.24) is 9.47 Å². The van der Waals surface area contributed by atoms with Gasteiger partial charge in [0.2, 0.25) is 0 Å². The number of carboxylic acids is 1. The highest BCUT2D eigenvalue weighted by atomic mass is 16.4. The molecule has 5 heteroatoms. The number of hydrogen-bond acceptors (Lipinski definition) is 3. The van der Waals surface area contributed by atoms with Gasteiger partial charge in [-0.1, -0.05) is 0 Å². The second-order valence-electron chi connectivity index (χ2n) is 5.15. The molecule has 19 heavy (non-hydrogen) atoms. The number of likely N-dealkylation sites (tertiary alicyclic amines) is 1. The lowest BCUT2D eigenvalue weighted by Gasteiger charge is -2.18. The Balaban J connectivity index is 2.26. The van der Waals surface area contributed by atoms with Crippen LogP contribution in [0.5, 0.6) is 0 Å². The lowest BCUT2D eigenvalue weighted by molar-refractivity contribution is 0.0693. The Hall–Kier alpha value is -1.62. The van der Waals surface area contributed by atoms with Gasteiger partial charge in [-0.05, 0) is 51.4 Å². The van der Waals surface area contributed by atoms with E-state index in [-0.39, 0.29) is 11.1 Å². The Morgan fingerprint density at radius 2 is 1.89 bits per heavy atom. The molecule has 0 aliphatic carbocycles. The zero-order valence-electron chi connectivity index (χ0n) is 11.5. The zero-order chi connectivity index (χ0) is 14.0. The van der Waals surface area contributed by atoms with Gasteiger partial charge in [-0.3, -0.25) is 4.79 Å². The van der Waals surface area contributed by atoms with Gasteiger partial charge < -0.3 is 14.6 Å². The number of hydrogen-bond donors (Lipinski definition) is 1. The molecule has 0 unspecified atom stereocenters. The number of carbonyl (C=O) groups is 1. The molecule has 0 aromatic carbocycles. The third-order valence-electron chi connectivity index (χ3n) is 3.76. The number of aryl methyl sites for hydroxylation is 2. The Labute approximate surface area is 112 Å². The van der Waals surface area contributed by atoms with Crippen LogP contribution in [0.1, 0.15) is 34.5 Å². The molecule has 1 aliphatic heterocycles. The van der Waals surface area contributed by atoms with E-state index in [1.165, 1.54) is 12.8 Å². The SMILES string of the molecule is Cc1cc(C)n(CCN2CCCC2)c(=O)c1C(=O)O. The summed E-state index contributed by atoms with van der Waals surface area (Å²) in [4.78, 5) is 25.7. The first-order chi connectivity index (χ1) is 9.00. The highest BCUT2D eigenvalue weighted by molar-refractivity contribution is 5.88. The van der Waals surface area contributed by atoms with Gasteiger partial charge in [0.15, 0.2) is 0 Å². The number of nitrogens with zero attached hydrogens (tertiary/aromatic N) is 2. The smallest absolute Gasteiger partial charge is 0.341 e. The number of pyridine rings is 1. The molecule has 0 amide bonds. The summed E-state index contributed by atoms with van der Waals surface area (Å²) in [6, 6.07) is 1.77. The van der Waals surface area contributed by atoms with E-state index in [0.29, 0.717) is 12.1 Å². The van der Waals surface area contributed by atoms with Crippen molar-refractivity contribution in [3.63, 3.8) is 0 Å². The van der Waals surface area contributed by atoms with Gasteiger partial charge in [-0.25, -0.2) is 4.79 Å². The van der Waals surface area contributed by atoms with Crippen molar-refractivity contribution in [2.45, 2.75) is 33.2 Å². The van der Waals surface area contributed by atoms with Crippen LogP contribution in [-0.4, -0.2) is 40.2 Å². The molecular weight excluding hydrogens is 244 g/mol. The maximum Gasteiger partial charge on any atom is 0.341 e.